The zero-order valence-electron chi connectivity index (χ0n) is 9.24. The van der Waals surface area contributed by atoms with Gasteiger partial charge in [-0.1, -0.05) is 23.2 Å². The zero-order valence-corrected chi connectivity index (χ0v) is 10.7. The van der Waals surface area contributed by atoms with Crippen molar-refractivity contribution in [1.82, 2.24) is 4.90 Å². The molecule has 1 heterocycles. The lowest BCUT2D eigenvalue weighted by molar-refractivity contribution is -0.166. The van der Waals surface area contributed by atoms with Crippen molar-refractivity contribution in [3.8, 4) is 0 Å². The standard InChI is InChI=1S/C9H11Cl2NO5/c1-16-5(13)3-4-12-6(7(14)17-2)9(10,11)8(12)15/h6H,3-4H2,1-2H3. The number of carbonyl (C=O) groups excluding carboxylic acids is 3. The second-order valence-corrected chi connectivity index (χ2v) is 4.76. The first-order valence-electron chi connectivity index (χ1n) is 4.69. The van der Waals surface area contributed by atoms with Gasteiger partial charge in [-0.25, -0.2) is 4.79 Å². The molecule has 0 bridgehead atoms. The van der Waals surface area contributed by atoms with Gasteiger partial charge in [0.25, 0.3) is 5.91 Å². The van der Waals surface area contributed by atoms with Crippen LogP contribution in [0.4, 0.5) is 0 Å². The fourth-order valence-corrected chi connectivity index (χ4v) is 2.12. The van der Waals surface area contributed by atoms with E-state index < -0.39 is 28.2 Å². The smallest absolute Gasteiger partial charge is 0.332 e. The van der Waals surface area contributed by atoms with E-state index in [1.807, 2.05) is 0 Å². The predicted molar refractivity (Wildman–Crippen MR) is 58.6 cm³/mol. The van der Waals surface area contributed by atoms with Gasteiger partial charge in [0.05, 0.1) is 20.6 Å². The fraction of sp³-hybridized carbons (Fsp3) is 0.667. The van der Waals surface area contributed by atoms with Crippen molar-refractivity contribution in [2.45, 2.75) is 16.8 Å². The van der Waals surface area contributed by atoms with Gasteiger partial charge in [-0.3, -0.25) is 9.59 Å². The number of likely N-dealkylation sites (tertiary alicyclic amines) is 1. The molecule has 17 heavy (non-hydrogen) atoms. The lowest BCUT2D eigenvalue weighted by Crippen LogP contribution is -2.71. The molecule has 6 nitrogen and oxygen atoms in total. The maximum atomic E-state index is 11.5. The molecule has 0 saturated carbocycles. The van der Waals surface area contributed by atoms with E-state index in [-0.39, 0.29) is 13.0 Å². The summed E-state index contributed by atoms with van der Waals surface area (Å²) in [5.41, 5.74) is 0. The Hall–Kier alpha value is -1.01. The van der Waals surface area contributed by atoms with Gasteiger partial charge >= 0.3 is 11.9 Å². The molecule has 1 amide bonds. The highest BCUT2D eigenvalue weighted by atomic mass is 35.5. The van der Waals surface area contributed by atoms with Crippen LogP contribution in [0.5, 0.6) is 0 Å². The number of esters is 2. The minimum atomic E-state index is -1.82. The van der Waals surface area contributed by atoms with Gasteiger partial charge in [0.15, 0.2) is 6.04 Å². The Labute approximate surface area is 108 Å². The first kappa shape index (κ1) is 14.1. The number of hydrogen-bond acceptors (Lipinski definition) is 5. The van der Waals surface area contributed by atoms with E-state index >= 15 is 0 Å². The SMILES string of the molecule is COC(=O)CCN1C(=O)C(Cl)(Cl)C1C(=O)OC. The van der Waals surface area contributed by atoms with Crippen LogP contribution in [0, 0.1) is 0 Å². The summed E-state index contributed by atoms with van der Waals surface area (Å²) >= 11 is 11.4. The van der Waals surface area contributed by atoms with Crippen LogP contribution in [-0.4, -0.2) is 53.9 Å². The van der Waals surface area contributed by atoms with Crippen LogP contribution in [0.15, 0.2) is 0 Å². The molecule has 8 heteroatoms. The summed E-state index contributed by atoms with van der Waals surface area (Å²) in [7, 11) is 2.39. The van der Waals surface area contributed by atoms with E-state index in [0.29, 0.717) is 0 Å². The summed E-state index contributed by atoms with van der Waals surface area (Å²) in [5, 5.41) is 0. The van der Waals surface area contributed by atoms with Crippen molar-refractivity contribution in [3.05, 3.63) is 0 Å². The van der Waals surface area contributed by atoms with E-state index in [1.54, 1.807) is 0 Å². The van der Waals surface area contributed by atoms with Crippen molar-refractivity contribution in [2.24, 2.45) is 0 Å². The number of alkyl halides is 2. The van der Waals surface area contributed by atoms with Gasteiger partial charge in [-0.15, -0.1) is 0 Å². The van der Waals surface area contributed by atoms with Crippen LogP contribution in [0.25, 0.3) is 0 Å². The van der Waals surface area contributed by atoms with Crippen molar-refractivity contribution < 1.29 is 23.9 Å². The predicted octanol–water partition coefficient (Wildman–Crippen LogP) is 0.107. The lowest BCUT2D eigenvalue weighted by atomic mass is 10.00. The third-order valence-corrected chi connectivity index (χ3v) is 3.15. The summed E-state index contributed by atoms with van der Waals surface area (Å²) in [6.45, 7) is 0.00641. The van der Waals surface area contributed by atoms with Gasteiger partial charge < -0.3 is 14.4 Å². The summed E-state index contributed by atoms with van der Waals surface area (Å²) in [6.07, 6.45) is -0.0421. The summed E-state index contributed by atoms with van der Waals surface area (Å²) < 4.78 is 7.09. The van der Waals surface area contributed by atoms with Crippen LogP contribution >= 0.6 is 23.2 Å². The molecule has 1 fully saturated rings. The number of rotatable bonds is 4. The molecule has 0 N–H and O–H groups in total. The Morgan fingerprint density at radius 3 is 2.41 bits per heavy atom. The first-order chi connectivity index (χ1) is 7.86. The molecule has 96 valence electrons. The molecule has 1 aliphatic rings. The molecule has 1 saturated heterocycles. The van der Waals surface area contributed by atoms with Crippen molar-refractivity contribution in [1.29, 1.82) is 0 Å². The van der Waals surface area contributed by atoms with Gasteiger partial charge in [0, 0.05) is 6.54 Å². The van der Waals surface area contributed by atoms with Crippen LogP contribution in [0.2, 0.25) is 0 Å². The Morgan fingerprint density at radius 1 is 1.35 bits per heavy atom. The van der Waals surface area contributed by atoms with Gasteiger partial charge in [-0.05, 0) is 0 Å². The second-order valence-electron chi connectivity index (χ2n) is 3.37. The third-order valence-electron chi connectivity index (χ3n) is 2.41. The van der Waals surface area contributed by atoms with Crippen LogP contribution in [0.3, 0.4) is 0 Å². The molecule has 0 aromatic rings. The molecule has 0 aliphatic carbocycles. The minimum Gasteiger partial charge on any atom is -0.469 e. The number of nitrogens with zero attached hydrogens (tertiary/aromatic N) is 1. The maximum Gasteiger partial charge on any atom is 0.332 e. The van der Waals surface area contributed by atoms with Gasteiger partial charge in [-0.2, -0.15) is 0 Å². The summed E-state index contributed by atoms with van der Waals surface area (Å²) in [6, 6.07) is -1.09. The van der Waals surface area contributed by atoms with E-state index in [9.17, 15) is 14.4 Å². The van der Waals surface area contributed by atoms with Crippen molar-refractivity contribution in [3.63, 3.8) is 0 Å². The van der Waals surface area contributed by atoms with Gasteiger partial charge in [0.1, 0.15) is 0 Å². The maximum absolute atomic E-state index is 11.5. The Balaban J connectivity index is 2.68. The number of carbonyl (C=O) groups is 3. The number of ether oxygens (including phenoxy) is 2. The molecular weight excluding hydrogens is 273 g/mol. The Kier molecular flexibility index (Phi) is 4.21. The summed E-state index contributed by atoms with van der Waals surface area (Å²) in [4.78, 5) is 34.9. The highest BCUT2D eigenvalue weighted by Crippen LogP contribution is 2.41. The van der Waals surface area contributed by atoms with Crippen molar-refractivity contribution in [2.75, 3.05) is 20.8 Å². The second kappa shape index (κ2) is 5.10. The van der Waals surface area contributed by atoms with Crippen LogP contribution in [-0.2, 0) is 23.9 Å². The number of hydrogen-bond donors (Lipinski definition) is 0. The first-order valence-corrected chi connectivity index (χ1v) is 5.45. The number of β-lactam (4-membered cyclic amide) rings is 1. The topological polar surface area (TPSA) is 72.9 Å². The van der Waals surface area contributed by atoms with Crippen LogP contribution < -0.4 is 0 Å². The average Bonchev–Trinajstić information content (AvgIpc) is 2.31. The average molecular weight is 284 g/mol. The van der Waals surface area contributed by atoms with Crippen molar-refractivity contribution >= 4 is 41.0 Å². The molecule has 0 radical (unpaired) electrons. The lowest BCUT2D eigenvalue weighted by Gasteiger charge is -2.46. The zero-order chi connectivity index (χ0) is 13.2. The molecule has 1 aliphatic heterocycles. The molecule has 1 unspecified atom stereocenters. The minimum absolute atomic E-state index is 0.00641. The van der Waals surface area contributed by atoms with Crippen LogP contribution in [0.1, 0.15) is 6.42 Å². The van der Waals surface area contributed by atoms with E-state index in [1.165, 1.54) is 7.11 Å². The normalized spacial score (nSPS) is 21.8. The molecule has 0 spiro atoms. The number of methoxy groups -OCH3 is 2. The quantitative estimate of drug-likeness (QED) is 0.416. The Bertz CT molecular complexity index is 357. The van der Waals surface area contributed by atoms with E-state index in [4.69, 9.17) is 23.2 Å². The third kappa shape index (κ3) is 2.47. The highest BCUT2D eigenvalue weighted by Gasteiger charge is 2.63. The molecule has 0 aromatic carbocycles. The molecule has 0 aromatic heterocycles. The van der Waals surface area contributed by atoms with E-state index in [2.05, 4.69) is 9.47 Å². The highest BCUT2D eigenvalue weighted by molar-refractivity contribution is 6.61. The molecule has 1 atom stereocenters. The molecular formula is C9H11Cl2NO5. The van der Waals surface area contributed by atoms with E-state index in [0.717, 1.165) is 12.0 Å². The fourth-order valence-electron chi connectivity index (χ4n) is 1.49. The summed E-state index contributed by atoms with van der Waals surface area (Å²) in [5.74, 6) is -1.84. The number of amides is 1. The Morgan fingerprint density at radius 2 is 1.94 bits per heavy atom. The number of halogens is 2. The monoisotopic (exact) mass is 283 g/mol. The largest absolute Gasteiger partial charge is 0.469 e. The van der Waals surface area contributed by atoms with Gasteiger partial charge in [0.2, 0.25) is 4.33 Å². The molecule has 1 rings (SSSR count).